The lowest BCUT2D eigenvalue weighted by Gasteiger charge is -2.27. The maximum absolute atomic E-state index is 11.0. The summed E-state index contributed by atoms with van der Waals surface area (Å²) >= 11 is 0. The predicted molar refractivity (Wildman–Crippen MR) is 88.8 cm³/mol. The number of allylic oxidation sites excluding steroid dienone is 1. The van der Waals surface area contributed by atoms with Crippen LogP contribution in [0.15, 0.2) is 24.8 Å². The van der Waals surface area contributed by atoms with Gasteiger partial charge in [-0.3, -0.25) is 4.79 Å². The van der Waals surface area contributed by atoms with Crippen LogP contribution in [0.5, 0.6) is 11.5 Å². The van der Waals surface area contributed by atoms with Crippen LogP contribution in [0.2, 0.25) is 0 Å². The van der Waals surface area contributed by atoms with Crippen molar-refractivity contribution < 1.29 is 19.7 Å². The van der Waals surface area contributed by atoms with E-state index >= 15 is 0 Å². The zero-order valence-electron chi connectivity index (χ0n) is 13.5. The Hall–Kier alpha value is -2.01. The number of phenolic OH excluding ortho intramolecular Hbond substituents is 1. The molecule has 5 heteroatoms. The van der Waals surface area contributed by atoms with Crippen LogP contribution in [-0.2, 0) is 17.8 Å². The molecule has 0 amide bonds. The van der Waals surface area contributed by atoms with Crippen molar-refractivity contribution in [3.05, 3.63) is 35.9 Å². The molecule has 0 aromatic heterocycles. The minimum absolute atomic E-state index is 0.165. The van der Waals surface area contributed by atoms with Gasteiger partial charge in [-0.15, -0.1) is 6.58 Å². The summed E-state index contributed by atoms with van der Waals surface area (Å²) in [5.41, 5.74) is 1.84. The molecule has 1 aliphatic carbocycles. The Bertz CT molecular complexity index is 562. The lowest BCUT2D eigenvalue weighted by Crippen LogP contribution is -2.34. The minimum Gasteiger partial charge on any atom is -0.504 e. The number of nitrogens with one attached hydrogen (secondary N) is 1. The molecule has 2 rings (SSSR count). The molecule has 126 valence electrons. The molecule has 0 bridgehead atoms. The van der Waals surface area contributed by atoms with Gasteiger partial charge in [-0.1, -0.05) is 12.1 Å². The zero-order chi connectivity index (χ0) is 16.8. The van der Waals surface area contributed by atoms with Crippen LogP contribution in [0.1, 0.15) is 36.8 Å². The van der Waals surface area contributed by atoms with Crippen LogP contribution in [0.25, 0.3) is 0 Å². The quantitative estimate of drug-likeness (QED) is 0.674. The number of aromatic hydroxyl groups is 1. The summed E-state index contributed by atoms with van der Waals surface area (Å²) in [6.07, 6.45) is 5.55. The van der Waals surface area contributed by atoms with E-state index in [0.717, 1.165) is 36.8 Å². The summed E-state index contributed by atoms with van der Waals surface area (Å²) < 4.78 is 5.23. The third kappa shape index (κ3) is 4.48. The van der Waals surface area contributed by atoms with Gasteiger partial charge >= 0.3 is 5.97 Å². The monoisotopic (exact) mass is 319 g/mol. The average molecular weight is 319 g/mol. The number of aliphatic carboxylic acids is 1. The molecule has 23 heavy (non-hydrogen) atoms. The van der Waals surface area contributed by atoms with E-state index in [1.165, 1.54) is 7.11 Å². The molecule has 1 fully saturated rings. The molecule has 0 aliphatic heterocycles. The van der Waals surface area contributed by atoms with Crippen LogP contribution in [0.3, 0.4) is 0 Å². The highest BCUT2D eigenvalue weighted by Crippen LogP contribution is 2.32. The van der Waals surface area contributed by atoms with Crippen molar-refractivity contribution >= 4 is 5.97 Å². The summed E-state index contributed by atoms with van der Waals surface area (Å²) in [4.78, 5) is 11.0. The van der Waals surface area contributed by atoms with Gasteiger partial charge in [0, 0.05) is 18.2 Å². The van der Waals surface area contributed by atoms with E-state index in [2.05, 4.69) is 11.9 Å². The average Bonchev–Trinajstić information content (AvgIpc) is 2.56. The Morgan fingerprint density at radius 2 is 2.09 bits per heavy atom. The van der Waals surface area contributed by atoms with E-state index in [4.69, 9.17) is 9.84 Å². The third-order valence-corrected chi connectivity index (χ3v) is 4.47. The predicted octanol–water partition coefficient (Wildman–Crippen LogP) is 2.86. The smallest absolute Gasteiger partial charge is 0.306 e. The first-order valence-electron chi connectivity index (χ1n) is 8.01. The molecule has 0 saturated heterocycles. The second-order valence-electron chi connectivity index (χ2n) is 6.07. The molecule has 1 aliphatic rings. The van der Waals surface area contributed by atoms with Crippen molar-refractivity contribution in [3.8, 4) is 11.5 Å². The number of carboxylic acids is 1. The number of hydrogen-bond donors (Lipinski definition) is 3. The lowest BCUT2D eigenvalue weighted by atomic mass is 9.86. The van der Waals surface area contributed by atoms with Crippen molar-refractivity contribution in [2.24, 2.45) is 5.92 Å². The van der Waals surface area contributed by atoms with Crippen LogP contribution in [-0.4, -0.2) is 29.3 Å². The number of carbonyl (C=O) groups is 1. The number of benzene rings is 1. The van der Waals surface area contributed by atoms with E-state index in [-0.39, 0.29) is 11.7 Å². The highest BCUT2D eigenvalue weighted by atomic mass is 16.5. The van der Waals surface area contributed by atoms with Crippen molar-refractivity contribution in [1.29, 1.82) is 0 Å². The molecule has 0 atom stereocenters. The Balaban J connectivity index is 1.96. The maximum atomic E-state index is 11.0. The Morgan fingerprint density at radius 3 is 2.65 bits per heavy atom. The van der Waals surface area contributed by atoms with E-state index < -0.39 is 5.97 Å². The van der Waals surface area contributed by atoms with Crippen LogP contribution in [0, 0.1) is 5.92 Å². The standard InChI is InChI=1S/C18H25NO4/c1-3-4-14-9-12(10-16(23-2)17(14)20)11-19-15-7-5-13(6-8-15)18(21)22/h3,9-10,13,15,19-20H,1,4-8,11H2,2H3,(H,21,22). The summed E-state index contributed by atoms with van der Waals surface area (Å²) in [7, 11) is 1.54. The number of ether oxygens (including phenoxy) is 1. The van der Waals surface area contributed by atoms with Crippen molar-refractivity contribution in [2.45, 2.75) is 44.7 Å². The van der Waals surface area contributed by atoms with E-state index in [0.29, 0.717) is 24.8 Å². The van der Waals surface area contributed by atoms with Crippen LogP contribution < -0.4 is 10.1 Å². The van der Waals surface area contributed by atoms with Crippen LogP contribution in [0.4, 0.5) is 0 Å². The largest absolute Gasteiger partial charge is 0.504 e. The van der Waals surface area contributed by atoms with E-state index in [1.54, 1.807) is 6.08 Å². The van der Waals surface area contributed by atoms with Crippen molar-refractivity contribution in [2.75, 3.05) is 7.11 Å². The van der Waals surface area contributed by atoms with Gasteiger partial charge in [0.05, 0.1) is 13.0 Å². The molecule has 5 nitrogen and oxygen atoms in total. The van der Waals surface area contributed by atoms with Gasteiger partial charge in [0.1, 0.15) is 0 Å². The third-order valence-electron chi connectivity index (χ3n) is 4.47. The van der Waals surface area contributed by atoms with Crippen molar-refractivity contribution in [3.63, 3.8) is 0 Å². The first-order valence-corrected chi connectivity index (χ1v) is 8.01. The van der Waals surface area contributed by atoms with Gasteiger partial charge in [0.2, 0.25) is 0 Å². The fraction of sp³-hybridized carbons (Fsp3) is 0.500. The zero-order valence-corrected chi connectivity index (χ0v) is 13.5. The minimum atomic E-state index is -0.680. The molecule has 1 aromatic rings. The number of rotatable bonds is 7. The number of carboxylic acid groups (broad SMARTS) is 1. The van der Waals surface area contributed by atoms with Gasteiger partial charge in [0.25, 0.3) is 0 Å². The van der Waals surface area contributed by atoms with Gasteiger partial charge < -0.3 is 20.3 Å². The fourth-order valence-electron chi connectivity index (χ4n) is 3.10. The molecular formula is C18H25NO4. The van der Waals surface area contributed by atoms with Crippen LogP contribution >= 0.6 is 0 Å². The van der Waals surface area contributed by atoms with Crippen molar-refractivity contribution in [1.82, 2.24) is 5.32 Å². The summed E-state index contributed by atoms with van der Waals surface area (Å²) in [6.45, 7) is 4.38. The fourth-order valence-corrected chi connectivity index (χ4v) is 3.10. The first kappa shape index (κ1) is 17.3. The number of phenols is 1. The molecular weight excluding hydrogens is 294 g/mol. The molecule has 0 unspecified atom stereocenters. The molecule has 3 N–H and O–H groups in total. The molecule has 1 saturated carbocycles. The molecule has 0 spiro atoms. The first-order chi connectivity index (χ1) is 11.0. The normalized spacial score (nSPS) is 20.9. The number of hydrogen-bond acceptors (Lipinski definition) is 4. The Morgan fingerprint density at radius 1 is 1.39 bits per heavy atom. The van der Waals surface area contributed by atoms with Gasteiger partial charge in [-0.05, 0) is 43.7 Å². The highest BCUT2D eigenvalue weighted by Gasteiger charge is 2.25. The molecule has 1 aromatic carbocycles. The lowest BCUT2D eigenvalue weighted by molar-refractivity contribution is -0.142. The second kappa shape index (κ2) is 8.02. The topological polar surface area (TPSA) is 78.8 Å². The van der Waals surface area contributed by atoms with E-state index in [9.17, 15) is 9.90 Å². The molecule has 0 radical (unpaired) electrons. The number of methoxy groups -OCH3 is 1. The SMILES string of the molecule is C=CCc1cc(CNC2CCC(C(=O)O)CC2)cc(OC)c1O. The summed E-state index contributed by atoms with van der Waals surface area (Å²) in [5, 5.41) is 22.6. The highest BCUT2D eigenvalue weighted by molar-refractivity contribution is 5.70. The summed E-state index contributed by atoms with van der Waals surface area (Å²) in [6, 6.07) is 4.13. The summed E-state index contributed by atoms with van der Waals surface area (Å²) in [5.74, 6) is -0.240. The molecule has 0 heterocycles. The Labute approximate surface area is 137 Å². The second-order valence-corrected chi connectivity index (χ2v) is 6.07. The van der Waals surface area contributed by atoms with Gasteiger partial charge in [0.15, 0.2) is 11.5 Å². The van der Waals surface area contributed by atoms with Gasteiger partial charge in [-0.25, -0.2) is 0 Å². The maximum Gasteiger partial charge on any atom is 0.306 e. The van der Waals surface area contributed by atoms with Gasteiger partial charge in [-0.2, -0.15) is 0 Å². The Kier molecular flexibility index (Phi) is 6.04. The van der Waals surface area contributed by atoms with E-state index in [1.807, 2.05) is 12.1 Å².